The van der Waals surface area contributed by atoms with Crippen LogP contribution < -0.4 is 4.74 Å². The lowest BCUT2D eigenvalue weighted by molar-refractivity contribution is -0.131. The number of carbonyl (C=O) groups excluding carboxylic acids is 1. The topological polar surface area (TPSA) is 32.8 Å². The molecule has 1 aliphatic heterocycles. The lowest BCUT2D eigenvalue weighted by Gasteiger charge is -2.27. The van der Waals surface area contributed by atoms with Crippen molar-refractivity contribution in [1.29, 1.82) is 0 Å². The Kier molecular flexibility index (Phi) is 5.62. The molecule has 0 spiro atoms. The molecule has 116 valence electrons. The minimum atomic E-state index is 0.252. The first-order valence-corrected chi connectivity index (χ1v) is 7.71. The minimum Gasteiger partial charge on any atom is -0.496 e. The Morgan fingerprint density at radius 3 is 2.67 bits per heavy atom. The van der Waals surface area contributed by atoms with E-state index in [1.54, 1.807) is 7.11 Å². The van der Waals surface area contributed by atoms with Crippen molar-refractivity contribution in [2.75, 3.05) is 33.8 Å². The van der Waals surface area contributed by atoms with Gasteiger partial charge in [-0.1, -0.05) is 18.2 Å². The molecule has 1 saturated heterocycles. The van der Waals surface area contributed by atoms with Crippen LogP contribution >= 0.6 is 0 Å². The first-order chi connectivity index (χ1) is 10.1. The quantitative estimate of drug-likeness (QED) is 0.805. The van der Waals surface area contributed by atoms with Gasteiger partial charge in [-0.05, 0) is 44.9 Å². The highest BCUT2D eigenvalue weighted by Gasteiger charge is 2.21. The predicted molar refractivity (Wildman–Crippen MR) is 84.6 cm³/mol. The standard InChI is InChI=1S/C17H26N2O2/c1-14(12-15-8-4-5-9-16(15)21-3)18(2)13-17(20)19-10-6-7-11-19/h4-5,8-9,14H,6-7,10-13H2,1-3H3/t14-/m0/s1. The van der Waals surface area contributed by atoms with Gasteiger partial charge in [-0.2, -0.15) is 0 Å². The van der Waals surface area contributed by atoms with Crippen LogP contribution in [0.2, 0.25) is 0 Å². The van der Waals surface area contributed by atoms with Crippen molar-refractivity contribution in [3.8, 4) is 5.75 Å². The van der Waals surface area contributed by atoms with E-state index in [9.17, 15) is 4.79 Å². The molecular formula is C17H26N2O2. The number of benzene rings is 1. The number of amides is 1. The highest BCUT2D eigenvalue weighted by molar-refractivity contribution is 5.78. The number of ether oxygens (including phenoxy) is 1. The zero-order valence-electron chi connectivity index (χ0n) is 13.3. The summed E-state index contributed by atoms with van der Waals surface area (Å²) in [6.45, 7) is 4.50. The molecule has 1 fully saturated rings. The van der Waals surface area contributed by atoms with Crippen LogP contribution in [0.1, 0.15) is 25.3 Å². The Morgan fingerprint density at radius 2 is 2.00 bits per heavy atom. The second-order valence-electron chi connectivity index (χ2n) is 5.87. The Hall–Kier alpha value is -1.55. The monoisotopic (exact) mass is 290 g/mol. The second-order valence-corrected chi connectivity index (χ2v) is 5.87. The number of likely N-dealkylation sites (tertiary alicyclic amines) is 1. The number of hydrogen-bond acceptors (Lipinski definition) is 3. The largest absolute Gasteiger partial charge is 0.496 e. The zero-order chi connectivity index (χ0) is 15.2. The molecule has 4 heteroatoms. The normalized spacial score (nSPS) is 16.3. The van der Waals surface area contributed by atoms with Crippen LogP contribution in [-0.4, -0.2) is 55.5 Å². The van der Waals surface area contributed by atoms with E-state index in [0.717, 1.165) is 38.1 Å². The first-order valence-electron chi connectivity index (χ1n) is 7.71. The van der Waals surface area contributed by atoms with Crippen LogP contribution in [0.5, 0.6) is 5.75 Å². The van der Waals surface area contributed by atoms with Gasteiger partial charge in [0.2, 0.25) is 5.91 Å². The van der Waals surface area contributed by atoms with Gasteiger partial charge in [0.15, 0.2) is 0 Å². The maximum atomic E-state index is 12.2. The van der Waals surface area contributed by atoms with E-state index in [1.165, 1.54) is 5.56 Å². The third kappa shape index (κ3) is 4.21. The van der Waals surface area contributed by atoms with Crippen molar-refractivity contribution < 1.29 is 9.53 Å². The number of rotatable bonds is 6. The lowest BCUT2D eigenvalue weighted by atomic mass is 10.1. The first kappa shape index (κ1) is 15.8. The van der Waals surface area contributed by atoms with E-state index in [-0.39, 0.29) is 5.91 Å². The molecule has 1 aromatic rings. The SMILES string of the molecule is COc1ccccc1C[C@H](C)N(C)CC(=O)N1CCCC1. The highest BCUT2D eigenvalue weighted by Crippen LogP contribution is 2.20. The third-order valence-corrected chi connectivity index (χ3v) is 4.30. The van der Waals surface area contributed by atoms with Gasteiger partial charge in [0.25, 0.3) is 0 Å². The second kappa shape index (κ2) is 7.46. The van der Waals surface area contributed by atoms with Crippen molar-refractivity contribution in [1.82, 2.24) is 9.80 Å². The van der Waals surface area contributed by atoms with Gasteiger partial charge >= 0.3 is 0 Å². The zero-order valence-corrected chi connectivity index (χ0v) is 13.3. The Morgan fingerprint density at radius 1 is 1.33 bits per heavy atom. The highest BCUT2D eigenvalue weighted by atomic mass is 16.5. The predicted octanol–water partition coefficient (Wildman–Crippen LogP) is 2.18. The summed E-state index contributed by atoms with van der Waals surface area (Å²) in [5.41, 5.74) is 1.19. The van der Waals surface area contributed by atoms with Crippen molar-refractivity contribution in [3.05, 3.63) is 29.8 Å². The molecule has 0 aromatic heterocycles. The molecule has 21 heavy (non-hydrogen) atoms. The number of carbonyl (C=O) groups is 1. The lowest BCUT2D eigenvalue weighted by Crippen LogP contribution is -2.41. The fourth-order valence-corrected chi connectivity index (χ4v) is 2.78. The summed E-state index contributed by atoms with van der Waals surface area (Å²) in [5.74, 6) is 1.17. The molecule has 1 amide bonds. The number of nitrogens with zero attached hydrogens (tertiary/aromatic N) is 2. The van der Waals surface area contributed by atoms with Crippen LogP contribution in [0, 0.1) is 0 Å². The number of likely N-dealkylation sites (N-methyl/N-ethyl adjacent to an activating group) is 1. The molecule has 1 aliphatic rings. The molecule has 0 unspecified atom stereocenters. The summed E-state index contributed by atoms with van der Waals surface area (Å²) in [6.07, 6.45) is 3.17. The van der Waals surface area contributed by atoms with Gasteiger partial charge in [0, 0.05) is 19.1 Å². The minimum absolute atomic E-state index is 0.252. The van der Waals surface area contributed by atoms with Crippen molar-refractivity contribution in [2.45, 2.75) is 32.2 Å². The maximum Gasteiger partial charge on any atom is 0.236 e. The molecule has 1 heterocycles. The summed E-state index contributed by atoms with van der Waals surface area (Å²) >= 11 is 0. The van der Waals surface area contributed by atoms with E-state index in [2.05, 4.69) is 17.9 Å². The number of hydrogen-bond donors (Lipinski definition) is 0. The molecule has 2 rings (SSSR count). The maximum absolute atomic E-state index is 12.2. The van der Waals surface area contributed by atoms with Crippen molar-refractivity contribution >= 4 is 5.91 Å². The van der Waals surface area contributed by atoms with Crippen LogP contribution in [-0.2, 0) is 11.2 Å². The fraction of sp³-hybridized carbons (Fsp3) is 0.588. The van der Waals surface area contributed by atoms with Gasteiger partial charge in [-0.25, -0.2) is 0 Å². The van der Waals surface area contributed by atoms with E-state index in [4.69, 9.17) is 4.74 Å². The Balaban J connectivity index is 1.89. The summed E-state index contributed by atoms with van der Waals surface area (Å²) in [4.78, 5) is 16.3. The van der Waals surface area contributed by atoms with E-state index >= 15 is 0 Å². The number of para-hydroxylation sites is 1. The number of methoxy groups -OCH3 is 1. The van der Waals surface area contributed by atoms with E-state index < -0.39 is 0 Å². The van der Waals surface area contributed by atoms with Gasteiger partial charge in [0.05, 0.1) is 13.7 Å². The summed E-state index contributed by atoms with van der Waals surface area (Å²) in [6, 6.07) is 8.38. The smallest absolute Gasteiger partial charge is 0.236 e. The Bertz CT molecular complexity index is 470. The summed E-state index contributed by atoms with van der Waals surface area (Å²) in [7, 11) is 3.72. The molecular weight excluding hydrogens is 264 g/mol. The summed E-state index contributed by atoms with van der Waals surface area (Å²) < 4.78 is 5.39. The van der Waals surface area contributed by atoms with Crippen LogP contribution in [0.25, 0.3) is 0 Å². The molecule has 4 nitrogen and oxygen atoms in total. The van der Waals surface area contributed by atoms with Crippen molar-refractivity contribution in [3.63, 3.8) is 0 Å². The van der Waals surface area contributed by atoms with E-state index in [1.807, 2.05) is 30.1 Å². The Labute approximate surface area is 127 Å². The molecule has 0 bridgehead atoms. The molecule has 1 atom stereocenters. The van der Waals surface area contributed by atoms with Gasteiger partial charge in [-0.15, -0.1) is 0 Å². The van der Waals surface area contributed by atoms with Crippen LogP contribution in [0.15, 0.2) is 24.3 Å². The van der Waals surface area contributed by atoms with Crippen LogP contribution in [0.4, 0.5) is 0 Å². The van der Waals surface area contributed by atoms with Crippen molar-refractivity contribution in [2.24, 2.45) is 0 Å². The third-order valence-electron chi connectivity index (χ3n) is 4.30. The summed E-state index contributed by atoms with van der Waals surface area (Å²) in [5, 5.41) is 0. The molecule has 0 aliphatic carbocycles. The fourth-order valence-electron chi connectivity index (χ4n) is 2.78. The average Bonchev–Trinajstić information content (AvgIpc) is 3.02. The van der Waals surface area contributed by atoms with Gasteiger partial charge < -0.3 is 9.64 Å². The van der Waals surface area contributed by atoms with E-state index in [0.29, 0.717) is 12.6 Å². The molecule has 0 N–H and O–H groups in total. The average molecular weight is 290 g/mol. The van der Waals surface area contributed by atoms with Crippen LogP contribution in [0.3, 0.4) is 0 Å². The molecule has 1 aromatic carbocycles. The molecule has 0 radical (unpaired) electrons. The van der Waals surface area contributed by atoms with Gasteiger partial charge in [-0.3, -0.25) is 9.69 Å². The molecule has 0 saturated carbocycles. The van der Waals surface area contributed by atoms with Gasteiger partial charge in [0.1, 0.15) is 5.75 Å².